The molecule has 0 spiro atoms. The summed E-state index contributed by atoms with van der Waals surface area (Å²) in [7, 11) is 0. The Hall–Kier alpha value is -1.39. The van der Waals surface area contributed by atoms with Gasteiger partial charge in [-0.1, -0.05) is 11.8 Å². The Labute approximate surface area is 105 Å². The van der Waals surface area contributed by atoms with Crippen molar-refractivity contribution < 1.29 is 0 Å². The third-order valence-electron chi connectivity index (χ3n) is 2.29. The van der Waals surface area contributed by atoms with Crippen molar-refractivity contribution in [2.24, 2.45) is 5.73 Å². The van der Waals surface area contributed by atoms with E-state index in [0.717, 1.165) is 21.3 Å². The van der Waals surface area contributed by atoms with E-state index in [1.807, 2.05) is 19.1 Å². The fourth-order valence-electron chi connectivity index (χ4n) is 1.61. The van der Waals surface area contributed by atoms with E-state index in [-0.39, 0.29) is 0 Å². The van der Waals surface area contributed by atoms with Gasteiger partial charge in [0.1, 0.15) is 5.03 Å². The third kappa shape index (κ3) is 3.28. The summed E-state index contributed by atoms with van der Waals surface area (Å²) in [6.07, 6.45) is 1.78. The SMILES string of the molecule is Cc1cc(C)nc(Sc2ccnc(CN)c2)c1. The number of aromatic nitrogens is 2. The maximum atomic E-state index is 5.57. The lowest BCUT2D eigenvalue weighted by molar-refractivity contribution is 0.975. The first-order chi connectivity index (χ1) is 8.17. The number of rotatable bonds is 3. The molecule has 0 amide bonds. The molecule has 17 heavy (non-hydrogen) atoms. The number of hydrogen-bond acceptors (Lipinski definition) is 4. The van der Waals surface area contributed by atoms with Gasteiger partial charge in [0.15, 0.2) is 0 Å². The number of nitrogens with two attached hydrogens (primary N) is 1. The van der Waals surface area contributed by atoms with Gasteiger partial charge in [-0.2, -0.15) is 0 Å². The molecule has 2 N–H and O–H groups in total. The highest BCUT2D eigenvalue weighted by Crippen LogP contribution is 2.26. The molecule has 0 aliphatic carbocycles. The molecular formula is C13H15N3S. The van der Waals surface area contributed by atoms with Gasteiger partial charge in [-0.3, -0.25) is 4.98 Å². The normalized spacial score (nSPS) is 10.5. The van der Waals surface area contributed by atoms with Gasteiger partial charge in [-0.15, -0.1) is 0 Å². The smallest absolute Gasteiger partial charge is 0.101 e. The van der Waals surface area contributed by atoms with Crippen molar-refractivity contribution in [3.8, 4) is 0 Å². The van der Waals surface area contributed by atoms with Crippen LogP contribution in [0, 0.1) is 13.8 Å². The number of pyridine rings is 2. The Balaban J connectivity index is 2.24. The van der Waals surface area contributed by atoms with Crippen LogP contribution in [0.25, 0.3) is 0 Å². The van der Waals surface area contributed by atoms with E-state index in [1.165, 1.54) is 5.56 Å². The van der Waals surface area contributed by atoms with E-state index in [9.17, 15) is 0 Å². The van der Waals surface area contributed by atoms with Crippen molar-refractivity contribution in [1.29, 1.82) is 0 Å². The van der Waals surface area contributed by atoms with Crippen molar-refractivity contribution in [3.63, 3.8) is 0 Å². The van der Waals surface area contributed by atoms with Crippen molar-refractivity contribution in [2.45, 2.75) is 30.3 Å². The van der Waals surface area contributed by atoms with Crippen molar-refractivity contribution in [2.75, 3.05) is 0 Å². The molecule has 0 unspecified atom stereocenters. The van der Waals surface area contributed by atoms with Crippen molar-refractivity contribution in [3.05, 3.63) is 47.4 Å². The molecule has 0 saturated carbocycles. The van der Waals surface area contributed by atoms with E-state index >= 15 is 0 Å². The van der Waals surface area contributed by atoms with Gasteiger partial charge in [0.2, 0.25) is 0 Å². The summed E-state index contributed by atoms with van der Waals surface area (Å²) in [5, 5.41) is 1.01. The molecule has 4 heteroatoms. The van der Waals surface area contributed by atoms with Crippen LogP contribution in [0.3, 0.4) is 0 Å². The molecule has 0 fully saturated rings. The predicted octanol–water partition coefficient (Wildman–Crippen LogP) is 2.70. The lowest BCUT2D eigenvalue weighted by atomic mass is 10.3. The second kappa shape index (κ2) is 5.29. The standard InChI is InChI=1S/C13H15N3S/c1-9-5-10(2)16-13(6-9)17-12-3-4-15-11(7-12)8-14/h3-7H,8,14H2,1-2H3. The molecule has 2 aromatic rings. The van der Waals surface area contributed by atoms with Gasteiger partial charge in [0.25, 0.3) is 0 Å². The van der Waals surface area contributed by atoms with Crippen LogP contribution in [0.2, 0.25) is 0 Å². The maximum absolute atomic E-state index is 5.57. The molecule has 0 saturated heterocycles. The third-order valence-corrected chi connectivity index (χ3v) is 3.20. The highest BCUT2D eigenvalue weighted by atomic mass is 32.2. The van der Waals surface area contributed by atoms with E-state index < -0.39 is 0 Å². The van der Waals surface area contributed by atoms with Crippen LogP contribution in [0.5, 0.6) is 0 Å². The van der Waals surface area contributed by atoms with E-state index in [0.29, 0.717) is 6.54 Å². The molecule has 0 aliphatic rings. The van der Waals surface area contributed by atoms with E-state index in [1.54, 1.807) is 18.0 Å². The summed E-state index contributed by atoms with van der Waals surface area (Å²) in [5.74, 6) is 0. The summed E-state index contributed by atoms with van der Waals surface area (Å²) >= 11 is 1.64. The second-order valence-corrected chi connectivity index (χ2v) is 5.01. The van der Waals surface area contributed by atoms with Gasteiger partial charge in [0, 0.05) is 23.3 Å². The van der Waals surface area contributed by atoms with Crippen molar-refractivity contribution >= 4 is 11.8 Å². The van der Waals surface area contributed by atoms with Gasteiger partial charge >= 0.3 is 0 Å². The zero-order valence-electron chi connectivity index (χ0n) is 9.97. The summed E-state index contributed by atoms with van der Waals surface area (Å²) in [6.45, 7) is 4.56. The zero-order chi connectivity index (χ0) is 12.3. The maximum Gasteiger partial charge on any atom is 0.101 e. The largest absolute Gasteiger partial charge is 0.325 e. The lowest BCUT2D eigenvalue weighted by Gasteiger charge is -2.04. The number of hydrogen-bond donors (Lipinski definition) is 1. The molecule has 0 bridgehead atoms. The van der Waals surface area contributed by atoms with Gasteiger partial charge < -0.3 is 5.73 Å². The average Bonchev–Trinajstić information content (AvgIpc) is 2.28. The average molecular weight is 245 g/mol. The van der Waals surface area contributed by atoms with E-state index in [4.69, 9.17) is 5.73 Å². The Kier molecular flexibility index (Phi) is 3.76. The fraction of sp³-hybridized carbons (Fsp3) is 0.231. The first-order valence-corrected chi connectivity index (χ1v) is 6.27. The molecule has 88 valence electrons. The first-order valence-electron chi connectivity index (χ1n) is 5.45. The molecule has 0 aliphatic heterocycles. The number of nitrogens with zero attached hydrogens (tertiary/aromatic N) is 2. The quantitative estimate of drug-likeness (QED) is 0.903. The molecule has 2 rings (SSSR count). The van der Waals surface area contributed by atoms with Crippen LogP contribution < -0.4 is 5.73 Å². The molecule has 0 atom stereocenters. The Morgan fingerprint density at radius 3 is 2.76 bits per heavy atom. The van der Waals surface area contributed by atoms with E-state index in [2.05, 4.69) is 29.0 Å². The minimum atomic E-state index is 0.467. The highest BCUT2D eigenvalue weighted by molar-refractivity contribution is 7.99. The van der Waals surface area contributed by atoms with Crippen LogP contribution in [-0.2, 0) is 6.54 Å². The first kappa shape index (κ1) is 12.1. The molecule has 0 radical (unpaired) electrons. The van der Waals surface area contributed by atoms with Crippen LogP contribution >= 0.6 is 11.8 Å². The predicted molar refractivity (Wildman–Crippen MR) is 70.0 cm³/mol. The fourth-order valence-corrected chi connectivity index (χ4v) is 2.61. The summed E-state index contributed by atoms with van der Waals surface area (Å²) < 4.78 is 0. The van der Waals surface area contributed by atoms with Crippen LogP contribution in [0.1, 0.15) is 17.0 Å². The molecule has 2 aromatic heterocycles. The zero-order valence-corrected chi connectivity index (χ0v) is 10.8. The lowest BCUT2D eigenvalue weighted by Crippen LogP contribution is -1.98. The van der Waals surface area contributed by atoms with Gasteiger partial charge in [0.05, 0.1) is 5.69 Å². The second-order valence-electron chi connectivity index (χ2n) is 3.91. The monoisotopic (exact) mass is 245 g/mol. The summed E-state index contributed by atoms with van der Waals surface area (Å²) in [4.78, 5) is 9.80. The molecule has 3 nitrogen and oxygen atoms in total. The summed E-state index contributed by atoms with van der Waals surface area (Å²) in [6, 6.07) is 8.13. The number of aryl methyl sites for hydroxylation is 2. The van der Waals surface area contributed by atoms with Crippen LogP contribution in [0.4, 0.5) is 0 Å². The Morgan fingerprint density at radius 1 is 1.24 bits per heavy atom. The molecule has 2 heterocycles. The van der Waals surface area contributed by atoms with Gasteiger partial charge in [-0.25, -0.2) is 4.98 Å². The highest BCUT2D eigenvalue weighted by Gasteiger charge is 2.02. The van der Waals surface area contributed by atoms with Crippen LogP contribution in [0.15, 0.2) is 40.4 Å². The Morgan fingerprint density at radius 2 is 2.06 bits per heavy atom. The minimum Gasteiger partial charge on any atom is -0.325 e. The minimum absolute atomic E-state index is 0.467. The molecule has 0 aromatic carbocycles. The summed E-state index contributed by atoms with van der Waals surface area (Å²) in [5.41, 5.74) is 8.75. The molecular weight excluding hydrogens is 230 g/mol. The topological polar surface area (TPSA) is 51.8 Å². The Bertz CT molecular complexity index is 506. The van der Waals surface area contributed by atoms with Crippen LogP contribution in [-0.4, -0.2) is 9.97 Å². The van der Waals surface area contributed by atoms with Gasteiger partial charge in [-0.05, 0) is 43.7 Å². The van der Waals surface area contributed by atoms with Crippen molar-refractivity contribution in [1.82, 2.24) is 9.97 Å².